The van der Waals surface area contributed by atoms with Crippen molar-refractivity contribution in [2.75, 3.05) is 25.5 Å². The maximum absolute atomic E-state index is 13.3. The number of aryl methyl sites for hydroxylation is 1. The van der Waals surface area contributed by atoms with E-state index in [1.54, 1.807) is 36.3 Å². The zero-order valence-corrected chi connectivity index (χ0v) is 19.4. The van der Waals surface area contributed by atoms with Crippen LogP contribution in [0.2, 0.25) is 0 Å². The number of nitrogens with one attached hydrogen (secondary N) is 2. The van der Waals surface area contributed by atoms with Crippen molar-refractivity contribution >= 4 is 23.4 Å². The summed E-state index contributed by atoms with van der Waals surface area (Å²) in [5.74, 6) is -0.122. The van der Waals surface area contributed by atoms with Gasteiger partial charge in [-0.25, -0.2) is 0 Å². The topological polar surface area (TPSA) is 87.7 Å². The van der Waals surface area contributed by atoms with Gasteiger partial charge in [-0.05, 0) is 61.2 Å². The molecule has 0 bridgehead atoms. The lowest BCUT2D eigenvalue weighted by Gasteiger charge is -2.34. The second-order valence-electron chi connectivity index (χ2n) is 8.33. The molecule has 0 aliphatic heterocycles. The van der Waals surface area contributed by atoms with Crippen LogP contribution in [-0.2, 0) is 16.0 Å². The predicted molar refractivity (Wildman–Crippen MR) is 128 cm³/mol. The summed E-state index contributed by atoms with van der Waals surface area (Å²) >= 11 is 0. The lowest BCUT2D eigenvalue weighted by Crippen LogP contribution is -2.48. The number of methoxy groups -OCH3 is 1. The molecule has 33 heavy (non-hydrogen) atoms. The van der Waals surface area contributed by atoms with Crippen molar-refractivity contribution in [2.24, 2.45) is 0 Å². The Balaban J connectivity index is 1.59. The summed E-state index contributed by atoms with van der Waals surface area (Å²) in [5.41, 5.74) is 2.36. The number of hydrogen-bond acceptors (Lipinski definition) is 4. The van der Waals surface area contributed by atoms with E-state index >= 15 is 0 Å². The summed E-state index contributed by atoms with van der Waals surface area (Å²) in [4.78, 5) is 39.9. The number of rotatable bonds is 9. The number of carbonyl (C=O) groups excluding carboxylic acids is 3. The molecule has 1 aliphatic carbocycles. The van der Waals surface area contributed by atoms with E-state index in [-0.39, 0.29) is 36.9 Å². The van der Waals surface area contributed by atoms with E-state index in [0.717, 1.165) is 44.1 Å². The van der Waals surface area contributed by atoms with Crippen molar-refractivity contribution < 1.29 is 19.1 Å². The molecule has 3 rings (SSSR count). The highest BCUT2D eigenvalue weighted by Crippen LogP contribution is 2.24. The number of ether oxygens (including phenoxy) is 1. The minimum Gasteiger partial charge on any atom is -0.497 e. The van der Waals surface area contributed by atoms with Crippen LogP contribution in [0.15, 0.2) is 48.5 Å². The fraction of sp³-hybridized carbons (Fsp3) is 0.423. The van der Waals surface area contributed by atoms with E-state index in [1.165, 1.54) is 0 Å². The van der Waals surface area contributed by atoms with Crippen LogP contribution in [0.1, 0.15) is 54.9 Å². The first-order valence-electron chi connectivity index (χ1n) is 11.6. The van der Waals surface area contributed by atoms with E-state index in [2.05, 4.69) is 17.6 Å². The molecule has 0 spiro atoms. The Labute approximate surface area is 195 Å². The van der Waals surface area contributed by atoms with E-state index in [4.69, 9.17) is 4.74 Å². The Morgan fingerprint density at radius 2 is 1.61 bits per heavy atom. The molecule has 0 atom stereocenters. The van der Waals surface area contributed by atoms with Gasteiger partial charge in [0.1, 0.15) is 12.3 Å². The van der Waals surface area contributed by atoms with Gasteiger partial charge in [-0.3, -0.25) is 14.4 Å². The maximum atomic E-state index is 13.3. The molecule has 1 aliphatic rings. The average molecular weight is 452 g/mol. The number of anilines is 1. The van der Waals surface area contributed by atoms with Crippen molar-refractivity contribution in [1.82, 2.24) is 10.2 Å². The summed E-state index contributed by atoms with van der Waals surface area (Å²) in [5, 5.41) is 5.38. The summed E-state index contributed by atoms with van der Waals surface area (Å²) in [6.45, 7) is 1.85. The van der Waals surface area contributed by atoms with E-state index < -0.39 is 0 Å². The van der Waals surface area contributed by atoms with Crippen LogP contribution in [0, 0.1) is 0 Å². The van der Waals surface area contributed by atoms with Crippen LogP contribution < -0.4 is 15.4 Å². The fourth-order valence-corrected chi connectivity index (χ4v) is 4.08. The molecule has 0 unspecified atom stereocenters. The lowest BCUT2D eigenvalue weighted by molar-refractivity contribution is -0.125. The highest BCUT2D eigenvalue weighted by molar-refractivity contribution is 5.98. The van der Waals surface area contributed by atoms with Crippen molar-refractivity contribution in [1.29, 1.82) is 0 Å². The van der Waals surface area contributed by atoms with Crippen molar-refractivity contribution in [2.45, 2.75) is 51.5 Å². The number of amides is 3. The molecule has 3 amide bonds. The number of carbonyl (C=O) groups is 3. The lowest BCUT2D eigenvalue weighted by atomic mass is 9.93. The van der Waals surface area contributed by atoms with Gasteiger partial charge < -0.3 is 20.3 Å². The third kappa shape index (κ3) is 7.07. The summed E-state index contributed by atoms with van der Waals surface area (Å²) < 4.78 is 5.10. The largest absolute Gasteiger partial charge is 0.497 e. The average Bonchev–Trinajstić information content (AvgIpc) is 2.86. The molecule has 0 heterocycles. The fourth-order valence-electron chi connectivity index (χ4n) is 4.08. The normalized spacial score (nSPS) is 13.8. The first-order chi connectivity index (χ1) is 16.0. The first kappa shape index (κ1) is 24.3. The van der Waals surface area contributed by atoms with Gasteiger partial charge in [-0.2, -0.15) is 0 Å². The molecule has 1 saturated carbocycles. The third-order valence-corrected chi connectivity index (χ3v) is 6.02. The van der Waals surface area contributed by atoms with Gasteiger partial charge in [0, 0.05) is 17.3 Å². The Kier molecular flexibility index (Phi) is 8.87. The van der Waals surface area contributed by atoms with Gasteiger partial charge in [0.15, 0.2) is 0 Å². The molecule has 2 aromatic carbocycles. The smallest absolute Gasteiger partial charge is 0.254 e. The van der Waals surface area contributed by atoms with Gasteiger partial charge in [0.25, 0.3) is 5.91 Å². The molecule has 2 aromatic rings. The highest BCUT2D eigenvalue weighted by atomic mass is 16.5. The van der Waals surface area contributed by atoms with Crippen molar-refractivity contribution in [3.8, 4) is 5.75 Å². The third-order valence-electron chi connectivity index (χ3n) is 6.02. The zero-order chi connectivity index (χ0) is 23.6. The van der Waals surface area contributed by atoms with E-state index in [0.29, 0.717) is 17.0 Å². The number of nitrogens with zero attached hydrogens (tertiary/aromatic N) is 1. The SMILES string of the molecule is CCc1ccc(C(=O)N(CC(=O)NCC(=O)Nc2ccc(OC)cc2)C2CCCCC2)cc1. The Hall–Kier alpha value is -3.35. The standard InChI is InChI=1S/C26H33N3O4/c1-3-19-9-11-20(12-10-19)26(32)29(22-7-5-4-6-8-22)18-25(31)27-17-24(30)28-21-13-15-23(33-2)16-14-21/h9-16,22H,3-8,17-18H2,1-2H3,(H,27,31)(H,28,30). The van der Waals surface area contributed by atoms with Crippen LogP contribution in [0.4, 0.5) is 5.69 Å². The highest BCUT2D eigenvalue weighted by Gasteiger charge is 2.28. The van der Waals surface area contributed by atoms with Gasteiger partial charge in [0.05, 0.1) is 13.7 Å². The molecule has 0 radical (unpaired) electrons. The Morgan fingerprint density at radius 3 is 2.21 bits per heavy atom. The molecule has 0 aromatic heterocycles. The van der Waals surface area contributed by atoms with E-state index in [9.17, 15) is 14.4 Å². The quantitative estimate of drug-likeness (QED) is 0.607. The number of benzene rings is 2. The van der Waals surface area contributed by atoms with Crippen LogP contribution in [-0.4, -0.2) is 48.9 Å². The molecule has 7 heteroatoms. The molecule has 176 valence electrons. The summed E-state index contributed by atoms with van der Waals surface area (Å²) in [7, 11) is 1.57. The van der Waals surface area contributed by atoms with Gasteiger partial charge in [0.2, 0.25) is 11.8 Å². The Morgan fingerprint density at radius 1 is 0.939 bits per heavy atom. The van der Waals surface area contributed by atoms with Crippen LogP contribution >= 0.6 is 0 Å². The minimum atomic E-state index is -0.344. The summed E-state index contributed by atoms with van der Waals surface area (Å²) in [6, 6.07) is 14.6. The van der Waals surface area contributed by atoms with Crippen LogP contribution in [0.5, 0.6) is 5.75 Å². The molecule has 1 fully saturated rings. The monoisotopic (exact) mass is 451 g/mol. The van der Waals surface area contributed by atoms with Gasteiger partial charge in [-0.1, -0.05) is 38.3 Å². The number of hydrogen-bond donors (Lipinski definition) is 2. The molecule has 0 saturated heterocycles. The molecule has 2 N–H and O–H groups in total. The van der Waals surface area contributed by atoms with Gasteiger partial charge in [-0.15, -0.1) is 0 Å². The molecule has 7 nitrogen and oxygen atoms in total. The van der Waals surface area contributed by atoms with Crippen molar-refractivity contribution in [3.63, 3.8) is 0 Å². The summed E-state index contributed by atoms with van der Waals surface area (Å²) in [6.07, 6.45) is 5.95. The van der Waals surface area contributed by atoms with Crippen molar-refractivity contribution in [3.05, 3.63) is 59.7 Å². The molecular weight excluding hydrogens is 418 g/mol. The zero-order valence-electron chi connectivity index (χ0n) is 19.4. The first-order valence-corrected chi connectivity index (χ1v) is 11.6. The Bertz CT molecular complexity index is 935. The predicted octanol–water partition coefficient (Wildman–Crippen LogP) is 3.79. The van der Waals surface area contributed by atoms with Gasteiger partial charge >= 0.3 is 0 Å². The molecular formula is C26H33N3O4. The maximum Gasteiger partial charge on any atom is 0.254 e. The second-order valence-corrected chi connectivity index (χ2v) is 8.33. The minimum absolute atomic E-state index is 0.0379. The second kappa shape index (κ2) is 12.0. The van der Waals surface area contributed by atoms with E-state index in [1.807, 2.05) is 24.3 Å². The van der Waals surface area contributed by atoms with Crippen LogP contribution in [0.25, 0.3) is 0 Å². The van der Waals surface area contributed by atoms with Crippen LogP contribution in [0.3, 0.4) is 0 Å².